The lowest BCUT2D eigenvalue weighted by Gasteiger charge is -2.09. The van der Waals surface area contributed by atoms with E-state index in [0.29, 0.717) is 10.6 Å². The zero-order chi connectivity index (χ0) is 16.0. The molecule has 1 aliphatic carbocycles. The quantitative estimate of drug-likeness (QED) is 0.601. The normalized spacial score (nSPS) is 14.3. The summed E-state index contributed by atoms with van der Waals surface area (Å²) in [5.74, 6) is -2.44. The molecule has 7 heteroatoms. The average Bonchev–Trinajstić information content (AvgIpc) is 2.96. The van der Waals surface area contributed by atoms with Crippen LogP contribution in [-0.2, 0) is 4.79 Å². The summed E-state index contributed by atoms with van der Waals surface area (Å²) in [6.07, 6.45) is 1.09. The molecule has 1 aliphatic rings. The van der Waals surface area contributed by atoms with E-state index in [4.69, 9.17) is 39.2 Å². The minimum absolute atomic E-state index is 0.0435. The van der Waals surface area contributed by atoms with Crippen molar-refractivity contribution in [2.24, 2.45) is 0 Å². The lowest BCUT2D eigenvalue weighted by molar-refractivity contribution is -0.111. The van der Waals surface area contributed by atoms with Crippen molar-refractivity contribution in [1.82, 2.24) is 0 Å². The Morgan fingerprint density at radius 3 is 2.18 bits per heavy atom. The molecule has 3 rings (SSSR count). The summed E-state index contributed by atoms with van der Waals surface area (Å²) < 4.78 is 5.16. The molecule has 0 aliphatic heterocycles. The van der Waals surface area contributed by atoms with Crippen LogP contribution >= 0.6 is 34.8 Å². The number of fused-ring (bicyclic) bond motifs is 1. The molecular weight excluding hydrogens is 351 g/mol. The van der Waals surface area contributed by atoms with E-state index in [1.54, 1.807) is 0 Å². The Morgan fingerprint density at radius 1 is 0.909 bits per heavy atom. The van der Waals surface area contributed by atoms with Crippen molar-refractivity contribution in [3.8, 4) is 0 Å². The predicted molar refractivity (Wildman–Crippen MR) is 81.6 cm³/mol. The Balaban J connectivity index is 2.14. The van der Waals surface area contributed by atoms with Crippen LogP contribution in [0.2, 0.25) is 5.02 Å². The highest BCUT2D eigenvalue weighted by atomic mass is 35.5. The highest BCUT2D eigenvalue weighted by Crippen LogP contribution is 2.37. The van der Waals surface area contributed by atoms with Crippen molar-refractivity contribution in [1.29, 1.82) is 0 Å². The molecule has 0 spiro atoms. The fraction of sp³-hybridized carbons (Fsp3) is 0. The first-order valence-corrected chi connectivity index (χ1v) is 7.11. The van der Waals surface area contributed by atoms with Crippen LogP contribution < -0.4 is 0 Å². The van der Waals surface area contributed by atoms with Gasteiger partial charge in [-0.05, 0) is 24.3 Å². The van der Waals surface area contributed by atoms with Gasteiger partial charge in [-0.1, -0.05) is 34.8 Å². The molecule has 22 heavy (non-hydrogen) atoms. The third kappa shape index (κ3) is 2.20. The van der Waals surface area contributed by atoms with E-state index in [2.05, 4.69) is 0 Å². The maximum absolute atomic E-state index is 12.5. The van der Waals surface area contributed by atoms with E-state index in [0.717, 1.165) is 6.26 Å². The molecule has 1 heterocycles. The van der Waals surface area contributed by atoms with Crippen molar-refractivity contribution in [3.05, 3.63) is 63.0 Å². The van der Waals surface area contributed by atoms with Gasteiger partial charge in [0.05, 0.1) is 11.1 Å². The van der Waals surface area contributed by atoms with Crippen molar-refractivity contribution >= 4 is 57.2 Å². The third-order valence-corrected chi connectivity index (χ3v) is 4.24. The maximum Gasteiger partial charge on any atom is 0.246 e. The van der Waals surface area contributed by atoms with E-state index in [1.807, 2.05) is 0 Å². The topological polar surface area (TPSA) is 64.3 Å². The Bertz CT molecular complexity index is 859. The lowest BCUT2D eigenvalue weighted by atomic mass is 9.94. The predicted octanol–water partition coefficient (Wildman–Crippen LogP) is 4.08. The molecule has 0 atom stereocenters. The highest BCUT2D eigenvalue weighted by Gasteiger charge is 2.38. The van der Waals surface area contributed by atoms with E-state index in [9.17, 15) is 14.4 Å². The van der Waals surface area contributed by atoms with Gasteiger partial charge >= 0.3 is 0 Å². The van der Waals surface area contributed by atoms with Gasteiger partial charge in [0.25, 0.3) is 0 Å². The molecule has 110 valence electrons. The molecule has 1 aromatic heterocycles. The van der Waals surface area contributed by atoms with E-state index in [-0.39, 0.29) is 21.9 Å². The van der Waals surface area contributed by atoms with Gasteiger partial charge in [0.1, 0.15) is 16.3 Å². The molecule has 2 aromatic rings. The van der Waals surface area contributed by atoms with Gasteiger partial charge in [0, 0.05) is 10.6 Å². The van der Waals surface area contributed by atoms with Gasteiger partial charge in [0.2, 0.25) is 11.6 Å². The number of Topliss-reactive ketones (excluding diaryl/α,β-unsaturated/α-hetero) is 2. The van der Waals surface area contributed by atoms with E-state index in [1.165, 1.54) is 24.3 Å². The van der Waals surface area contributed by atoms with Gasteiger partial charge in [0.15, 0.2) is 11.5 Å². The Kier molecular flexibility index (Phi) is 3.68. The number of allylic oxidation sites excluding steroid dienone is 1. The molecule has 0 N–H and O–H groups in total. The number of benzene rings is 1. The van der Waals surface area contributed by atoms with Gasteiger partial charge in [-0.25, -0.2) is 0 Å². The standard InChI is InChI=1S/C15H5Cl3O4/c16-7-3-1-6(2-4-7)12(19)8-5-22-15-9(8)13(20)14(21)10(17)11(15)18/h1-5H. The fourth-order valence-corrected chi connectivity index (χ4v) is 2.60. The van der Waals surface area contributed by atoms with Crippen molar-refractivity contribution in [2.45, 2.75) is 0 Å². The molecule has 0 unspecified atom stereocenters. The number of ketones is 3. The van der Waals surface area contributed by atoms with Crippen LogP contribution in [0.1, 0.15) is 32.0 Å². The molecule has 0 fully saturated rings. The second kappa shape index (κ2) is 5.39. The Hall–Kier alpha value is -1.88. The summed E-state index contributed by atoms with van der Waals surface area (Å²) >= 11 is 17.3. The highest BCUT2D eigenvalue weighted by molar-refractivity contribution is 6.71. The number of rotatable bonds is 2. The summed E-state index contributed by atoms with van der Waals surface area (Å²) in [5, 5.41) is -0.134. The first-order valence-electron chi connectivity index (χ1n) is 5.98. The van der Waals surface area contributed by atoms with Crippen LogP contribution in [0.4, 0.5) is 0 Å². The van der Waals surface area contributed by atoms with Crippen molar-refractivity contribution < 1.29 is 18.8 Å². The van der Waals surface area contributed by atoms with Gasteiger partial charge in [-0.3, -0.25) is 14.4 Å². The largest absolute Gasteiger partial charge is 0.462 e. The van der Waals surface area contributed by atoms with Crippen molar-refractivity contribution in [3.63, 3.8) is 0 Å². The molecule has 0 saturated carbocycles. The number of carbonyl (C=O) groups is 3. The molecule has 0 bridgehead atoms. The van der Waals surface area contributed by atoms with Crippen LogP contribution in [0, 0.1) is 0 Å². The first kappa shape index (κ1) is 15.0. The van der Waals surface area contributed by atoms with Crippen molar-refractivity contribution in [2.75, 3.05) is 0 Å². The minimum atomic E-state index is -0.967. The van der Waals surface area contributed by atoms with E-state index < -0.39 is 22.4 Å². The van der Waals surface area contributed by atoms with Gasteiger partial charge < -0.3 is 4.42 Å². The zero-order valence-electron chi connectivity index (χ0n) is 10.7. The fourth-order valence-electron chi connectivity index (χ4n) is 2.08. The Labute approximate surface area is 139 Å². The smallest absolute Gasteiger partial charge is 0.246 e. The number of halogens is 3. The summed E-state index contributed by atoms with van der Waals surface area (Å²) in [5.41, 5.74) is 0.0855. The summed E-state index contributed by atoms with van der Waals surface area (Å²) in [6, 6.07) is 6.09. The zero-order valence-corrected chi connectivity index (χ0v) is 12.9. The van der Waals surface area contributed by atoms with Crippen LogP contribution in [0.5, 0.6) is 0 Å². The Morgan fingerprint density at radius 2 is 1.55 bits per heavy atom. The van der Waals surface area contributed by atoms with Crippen LogP contribution in [0.25, 0.3) is 5.03 Å². The third-order valence-electron chi connectivity index (χ3n) is 3.17. The summed E-state index contributed by atoms with van der Waals surface area (Å²) in [7, 11) is 0. The monoisotopic (exact) mass is 354 g/mol. The van der Waals surface area contributed by atoms with Gasteiger partial charge in [-0.2, -0.15) is 0 Å². The number of carbonyl (C=O) groups excluding carboxylic acids is 3. The minimum Gasteiger partial charge on any atom is -0.462 e. The molecular formula is C15H5Cl3O4. The van der Waals surface area contributed by atoms with Crippen LogP contribution in [0.15, 0.2) is 40.0 Å². The molecule has 0 radical (unpaired) electrons. The van der Waals surface area contributed by atoms with Crippen LogP contribution in [0.3, 0.4) is 0 Å². The molecule has 4 nitrogen and oxygen atoms in total. The summed E-state index contributed by atoms with van der Waals surface area (Å²) in [4.78, 5) is 36.3. The maximum atomic E-state index is 12.5. The number of hydrogen-bond acceptors (Lipinski definition) is 4. The van der Waals surface area contributed by atoms with Crippen LogP contribution in [-0.4, -0.2) is 17.3 Å². The van der Waals surface area contributed by atoms with Gasteiger partial charge in [-0.15, -0.1) is 0 Å². The SMILES string of the molecule is O=C1C(=O)c2c(C(=O)c3ccc(Cl)cc3)coc2C(Cl)=C1Cl. The average molecular weight is 356 g/mol. The number of furan rings is 1. The lowest BCUT2D eigenvalue weighted by Crippen LogP contribution is -2.22. The second-order valence-corrected chi connectivity index (χ2v) is 5.67. The summed E-state index contributed by atoms with van der Waals surface area (Å²) in [6.45, 7) is 0. The van der Waals surface area contributed by atoms with E-state index >= 15 is 0 Å². The molecule has 0 amide bonds. The molecule has 0 saturated heterocycles. The molecule has 1 aromatic carbocycles. The first-order chi connectivity index (χ1) is 10.4. The number of hydrogen-bond donors (Lipinski definition) is 0. The second-order valence-electron chi connectivity index (χ2n) is 4.48.